The van der Waals surface area contributed by atoms with Gasteiger partial charge in [0.15, 0.2) is 0 Å². The van der Waals surface area contributed by atoms with Crippen LogP contribution >= 0.6 is 0 Å². The zero-order valence-corrected chi connectivity index (χ0v) is 16.1. The lowest BCUT2D eigenvalue weighted by atomic mass is 10.1. The van der Waals surface area contributed by atoms with Crippen molar-refractivity contribution in [3.63, 3.8) is 0 Å². The lowest BCUT2D eigenvalue weighted by Crippen LogP contribution is -2.08. The number of carbonyl (C=O) groups is 1. The molecule has 0 bridgehead atoms. The molecule has 0 unspecified atom stereocenters. The molecule has 4 heterocycles. The van der Waals surface area contributed by atoms with Crippen LogP contribution in [0.1, 0.15) is 16.7 Å². The standard InChI is InChI=1S/C22H17N7O/c1-3-21(30)27-20-7-5-15(10-24-20)4-6-16-8-17(19-12-25-28(2)13-19)14-29-22(16)18(9-23)11-26-29/h3-8,10-14H,1H2,2H3,(H,24,27,30)/b6-4+. The summed E-state index contributed by atoms with van der Waals surface area (Å²) in [7, 11) is 1.86. The Morgan fingerprint density at radius 2 is 2.03 bits per heavy atom. The highest BCUT2D eigenvalue weighted by atomic mass is 16.1. The Kier molecular flexibility index (Phi) is 4.93. The molecule has 1 amide bonds. The molecule has 1 N–H and O–H groups in total. The molecule has 146 valence electrons. The number of anilines is 1. The molecule has 4 rings (SSSR count). The first-order valence-electron chi connectivity index (χ1n) is 9.05. The van der Waals surface area contributed by atoms with Crippen molar-refractivity contribution >= 4 is 29.4 Å². The van der Waals surface area contributed by atoms with E-state index in [-0.39, 0.29) is 5.91 Å². The molecule has 4 aromatic heterocycles. The predicted octanol–water partition coefficient (Wildman–Crippen LogP) is 3.30. The lowest BCUT2D eigenvalue weighted by Gasteiger charge is -2.05. The van der Waals surface area contributed by atoms with Gasteiger partial charge < -0.3 is 5.32 Å². The molecule has 0 aliphatic carbocycles. The summed E-state index contributed by atoms with van der Waals surface area (Å²) in [6, 6.07) is 7.74. The molecule has 0 saturated carbocycles. The molecule has 4 aromatic rings. The van der Waals surface area contributed by atoms with Gasteiger partial charge in [-0.15, -0.1) is 0 Å². The zero-order valence-electron chi connectivity index (χ0n) is 16.1. The highest BCUT2D eigenvalue weighted by molar-refractivity contribution is 5.98. The number of carbonyl (C=O) groups excluding carboxylic acids is 1. The maximum absolute atomic E-state index is 11.4. The Balaban J connectivity index is 1.72. The fraction of sp³-hybridized carbons (Fsp3) is 0.0455. The van der Waals surface area contributed by atoms with Gasteiger partial charge in [-0.3, -0.25) is 9.48 Å². The first-order chi connectivity index (χ1) is 14.6. The second-order valence-electron chi connectivity index (χ2n) is 6.55. The maximum atomic E-state index is 11.4. The Hall–Kier alpha value is -4.51. The van der Waals surface area contributed by atoms with Gasteiger partial charge >= 0.3 is 0 Å². The minimum absolute atomic E-state index is 0.315. The number of rotatable bonds is 5. The summed E-state index contributed by atoms with van der Waals surface area (Å²) in [6.07, 6.45) is 13.8. The molecule has 0 aromatic carbocycles. The molecule has 0 aliphatic rings. The molecule has 8 nitrogen and oxygen atoms in total. The third-order valence-electron chi connectivity index (χ3n) is 4.48. The highest BCUT2D eigenvalue weighted by Crippen LogP contribution is 2.26. The van der Waals surface area contributed by atoms with Crippen LogP contribution in [-0.4, -0.2) is 30.3 Å². The second kappa shape index (κ2) is 7.85. The van der Waals surface area contributed by atoms with Crippen LogP contribution in [-0.2, 0) is 11.8 Å². The SMILES string of the molecule is C=CC(=O)Nc1ccc(/C=C/c2cc(-c3cnn(C)c3)cn3ncc(C#N)c23)cn1. The van der Waals surface area contributed by atoms with E-state index in [9.17, 15) is 10.1 Å². The molecular formula is C22H17N7O. The van der Waals surface area contributed by atoms with E-state index in [0.29, 0.717) is 11.4 Å². The minimum atomic E-state index is -0.315. The minimum Gasteiger partial charge on any atom is -0.307 e. The van der Waals surface area contributed by atoms with Crippen LogP contribution in [0.15, 0.2) is 61.8 Å². The van der Waals surface area contributed by atoms with E-state index in [4.69, 9.17) is 0 Å². The summed E-state index contributed by atoms with van der Waals surface area (Å²) in [4.78, 5) is 15.6. The molecule has 30 heavy (non-hydrogen) atoms. The molecule has 0 aliphatic heterocycles. The lowest BCUT2D eigenvalue weighted by molar-refractivity contribution is -0.111. The van der Waals surface area contributed by atoms with Crippen molar-refractivity contribution in [1.82, 2.24) is 24.4 Å². The third-order valence-corrected chi connectivity index (χ3v) is 4.48. The summed E-state index contributed by atoms with van der Waals surface area (Å²) in [5.41, 5.74) is 4.79. The van der Waals surface area contributed by atoms with Gasteiger partial charge in [0.2, 0.25) is 5.91 Å². The number of aromatic nitrogens is 5. The van der Waals surface area contributed by atoms with E-state index >= 15 is 0 Å². The van der Waals surface area contributed by atoms with Crippen molar-refractivity contribution in [2.24, 2.45) is 7.05 Å². The number of hydrogen-bond donors (Lipinski definition) is 1. The van der Waals surface area contributed by atoms with Crippen molar-refractivity contribution in [2.45, 2.75) is 0 Å². The van der Waals surface area contributed by atoms with Crippen molar-refractivity contribution in [2.75, 3.05) is 5.32 Å². The van der Waals surface area contributed by atoms with Crippen LogP contribution < -0.4 is 5.32 Å². The van der Waals surface area contributed by atoms with Crippen molar-refractivity contribution in [1.29, 1.82) is 5.26 Å². The van der Waals surface area contributed by atoms with Crippen LogP contribution in [0.5, 0.6) is 0 Å². The number of fused-ring (bicyclic) bond motifs is 1. The van der Waals surface area contributed by atoms with Gasteiger partial charge in [-0.2, -0.15) is 15.5 Å². The number of pyridine rings is 2. The van der Waals surface area contributed by atoms with E-state index in [1.54, 1.807) is 33.9 Å². The number of amides is 1. The van der Waals surface area contributed by atoms with E-state index in [1.807, 2.05) is 43.7 Å². The Morgan fingerprint density at radius 1 is 1.17 bits per heavy atom. The largest absolute Gasteiger partial charge is 0.307 e. The molecule has 0 fully saturated rings. The van der Waals surface area contributed by atoms with Crippen LogP contribution in [0.2, 0.25) is 0 Å². The highest BCUT2D eigenvalue weighted by Gasteiger charge is 2.11. The molecule has 0 atom stereocenters. The van der Waals surface area contributed by atoms with Crippen LogP contribution in [0, 0.1) is 11.3 Å². The van der Waals surface area contributed by atoms with Gasteiger partial charge in [0.25, 0.3) is 0 Å². The fourth-order valence-corrected chi connectivity index (χ4v) is 3.03. The van der Waals surface area contributed by atoms with E-state index < -0.39 is 0 Å². The number of nitrogens with zero attached hydrogens (tertiary/aromatic N) is 6. The van der Waals surface area contributed by atoms with Crippen LogP contribution in [0.25, 0.3) is 28.8 Å². The molecule has 0 radical (unpaired) electrons. The normalized spacial score (nSPS) is 10.9. The molecular weight excluding hydrogens is 378 g/mol. The summed E-state index contributed by atoms with van der Waals surface area (Å²) in [6.45, 7) is 3.42. The van der Waals surface area contributed by atoms with E-state index in [0.717, 1.165) is 27.8 Å². The summed E-state index contributed by atoms with van der Waals surface area (Å²) in [5, 5.41) is 20.6. The van der Waals surface area contributed by atoms with Crippen LogP contribution in [0.4, 0.5) is 5.82 Å². The molecule has 0 spiro atoms. The van der Waals surface area contributed by atoms with Crippen molar-refractivity contribution in [3.05, 3.63) is 78.5 Å². The monoisotopic (exact) mass is 395 g/mol. The quantitative estimate of drug-likeness (QED) is 0.523. The molecule has 0 saturated heterocycles. The first kappa shape index (κ1) is 18.8. The molecule has 8 heteroatoms. The van der Waals surface area contributed by atoms with Crippen molar-refractivity contribution in [3.8, 4) is 17.2 Å². The van der Waals surface area contributed by atoms with Gasteiger partial charge in [-0.05, 0) is 29.8 Å². The van der Waals surface area contributed by atoms with Gasteiger partial charge in [0, 0.05) is 42.3 Å². The van der Waals surface area contributed by atoms with E-state index in [1.165, 1.54) is 6.08 Å². The van der Waals surface area contributed by atoms with Gasteiger partial charge in [0.1, 0.15) is 11.9 Å². The number of nitriles is 1. The van der Waals surface area contributed by atoms with Gasteiger partial charge in [0.05, 0.1) is 23.5 Å². The zero-order chi connectivity index (χ0) is 21.1. The smallest absolute Gasteiger partial charge is 0.248 e. The summed E-state index contributed by atoms with van der Waals surface area (Å²) < 4.78 is 3.43. The van der Waals surface area contributed by atoms with Gasteiger partial charge in [-0.1, -0.05) is 18.7 Å². The van der Waals surface area contributed by atoms with Crippen LogP contribution in [0.3, 0.4) is 0 Å². The Morgan fingerprint density at radius 3 is 2.70 bits per heavy atom. The Labute approximate surface area is 172 Å². The average Bonchev–Trinajstić information content (AvgIpc) is 3.38. The summed E-state index contributed by atoms with van der Waals surface area (Å²) >= 11 is 0. The first-order valence-corrected chi connectivity index (χ1v) is 9.05. The van der Waals surface area contributed by atoms with E-state index in [2.05, 4.69) is 33.1 Å². The second-order valence-corrected chi connectivity index (χ2v) is 6.55. The maximum Gasteiger partial charge on any atom is 0.248 e. The van der Waals surface area contributed by atoms with Crippen molar-refractivity contribution < 1.29 is 4.79 Å². The number of aryl methyl sites for hydroxylation is 1. The Bertz CT molecular complexity index is 1320. The number of hydrogen-bond acceptors (Lipinski definition) is 5. The number of nitrogens with one attached hydrogen (secondary N) is 1. The summed E-state index contributed by atoms with van der Waals surface area (Å²) in [5.74, 6) is 0.130. The van der Waals surface area contributed by atoms with Gasteiger partial charge in [-0.25, -0.2) is 9.50 Å². The third kappa shape index (κ3) is 3.72. The predicted molar refractivity (Wildman–Crippen MR) is 114 cm³/mol. The fourth-order valence-electron chi connectivity index (χ4n) is 3.03. The average molecular weight is 395 g/mol. The topological polar surface area (TPSA) is 101 Å².